The van der Waals surface area contributed by atoms with Crippen molar-refractivity contribution in [3.63, 3.8) is 0 Å². The summed E-state index contributed by atoms with van der Waals surface area (Å²) < 4.78 is 0. The smallest absolute Gasteiger partial charge is 0.231 e. The number of amidine groups is 1. The zero-order valence-corrected chi connectivity index (χ0v) is 7.55. The van der Waals surface area contributed by atoms with Crippen LogP contribution in [0, 0.1) is 0 Å². The summed E-state index contributed by atoms with van der Waals surface area (Å²) in [7, 11) is 0. The van der Waals surface area contributed by atoms with E-state index in [1.54, 1.807) is 29.2 Å². The Morgan fingerprint density at radius 3 is 2.43 bits per heavy atom. The summed E-state index contributed by atoms with van der Waals surface area (Å²) in [6.45, 7) is 1.58. The normalized spacial score (nSPS) is 15.4. The molecule has 2 rings (SSSR count). The van der Waals surface area contributed by atoms with E-state index in [4.69, 9.17) is 5.21 Å². The highest BCUT2D eigenvalue weighted by atomic mass is 16.4. The van der Waals surface area contributed by atoms with E-state index >= 15 is 0 Å². The molecule has 0 bridgehead atoms. The molecule has 1 saturated heterocycles. The first-order valence-corrected chi connectivity index (χ1v) is 4.39. The Morgan fingerprint density at radius 2 is 1.93 bits per heavy atom. The van der Waals surface area contributed by atoms with Crippen molar-refractivity contribution in [2.75, 3.05) is 13.1 Å². The summed E-state index contributed by atoms with van der Waals surface area (Å²) in [5.74, 6) is -0.0956. The molecular formula is C10H10N2O2. The molecule has 4 nitrogen and oxygen atoms in total. The second-order valence-electron chi connectivity index (χ2n) is 3.11. The number of nitrogens with zero attached hydrogens (tertiary/aromatic N) is 2. The lowest BCUT2D eigenvalue weighted by Gasteiger charge is -2.03. The fraction of sp³-hybridized carbons (Fsp3) is 0.200. The third-order valence-electron chi connectivity index (χ3n) is 2.08. The second-order valence-corrected chi connectivity index (χ2v) is 3.11. The van der Waals surface area contributed by atoms with Crippen molar-refractivity contribution >= 4 is 11.6 Å². The van der Waals surface area contributed by atoms with Gasteiger partial charge in [-0.25, -0.2) is 0 Å². The fourth-order valence-corrected chi connectivity index (χ4v) is 1.23. The van der Waals surface area contributed by atoms with Gasteiger partial charge in [-0.3, -0.25) is 4.79 Å². The van der Waals surface area contributed by atoms with Crippen LogP contribution in [0.25, 0.3) is 0 Å². The monoisotopic (exact) mass is 190 g/mol. The minimum Gasteiger partial charge on any atom is -0.409 e. The van der Waals surface area contributed by atoms with Gasteiger partial charge in [-0.2, -0.15) is 0 Å². The maximum atomic E-state index is 11.7. The third kappa shape index (κ3) is 1.59. The van der Waals surface area contributed by atoms with Gasteiger partial charge in [0, 0.05) is 18.7 Å². The van der Waals surface area contributed by atoms with Crippen LogP contribution in [0.2, 0.25) is 0 Å². The van der Waals surface area contributed by atoms with E-state index in [2.05, 4.69) is 5.16 Å². The van der Waals surface area contributed by atoms with Crippen LogP contribution in [0.15, 0.2) is 35.5 Å². The number of oxime groups is 1. The zero-order chi connectivity index (χ0) is 9.97. The van der Waals surface area contributed by atoms with Gasteiger partial charge < -0.3 is 10.1 Å². The molecule has 1 aromatic rings. The number of hydrogen-bond acceptors (Lipinski definition) is 3. The third-order valence-corrected chi connectivity index (χ3v) is 2.08. The molecule has 0 saturated carbocycles. The highest BCUT2D eigenvalue weighted by molar-refractivity contribution is 6.45. The minimum atomic E-state index is -0.231. The highest BCUT2D eigenvalue weighted by Gasteiger charge is 2.28. The van der Waals surface area contributed by atoms with E-state index in [1.165, 1.54) is 0 Å². The summed E-state index contributed by atoms with van der Waals surface area (Å²) in [5, 5.41) is 11.7. The Morgan fingerprint density at radius 1 is 1.29 bits per heavy atom. The van der Waals surface area contributed by atoms with Crippen LogP contribution in [0.3, 0.4) is 0 Å². The average Bonchev–Trinajstić information content (AvgIpc) is 3.04. The van der Waals surface area contributed by atoms with Crippen molar-refractivity contribution in [3.05, 3.63) is 35.9 Å². The van der Waals surface area contributed by atoms with Crippen LogP contribution in [0.4, 0.5) is 0 Å². The molecule has 0 unspecified atom stereocenters. The predicted octanol–water partition coefficient (Wildman–Crippen LogP) is 0.973. The van der Waals surface area contributed by atoms with Crippen LogP contribution in [0.1, 0.15) is 10.4 Å². The van der Waals surface area contributed by atoms with Gasteiger partial charge in [0.15, 0.2) is 0 Å². The lowest BCUT2D eigenvalue weighted by molar-refractivity contribution is 0.105. The van der Waals surface area contributed by atoms with Crippen molar-refractivity contribution in [2.24, 2.45) is 5.16 Å². The average molecular weight is 190 g/mol. The van der Waals surface area contributed by atoms with Gasteiger partial charge in [-0.15, -0.1) is 0 Å². The molecule has 1 heterocycles. The first-order chi connectivity index (χ1) is 6.83. The van der Waals surface area contributed by atoms with E-state index in [0.717, 1.165) is 13.1 Å². The fourth-order valence-electron chi connectivity index (χ4n) is 1.23. The quantitative estimate of drug-likeness (QED) is 0.189. The summed E-state index contributed by atoms with van der Waals surface area (Å²) in [6, 6.07) is 8.81. The molecule has 4 heteroatoms. The number of ketones is 1. The predicted molar refractivity (Wildman–Crippen MR) is 51.6 cm³/mol. The SMILES string of the molecule is O=C(/C(=N/O)N1CC1)c1ccccc1. The number of carbonyl (C=O) groups excluding carboxylic acids is 1. The first kappa shape index (κ1) is 8.74. The van der Waals surface area contributed by atoms with Crippen LogP contribution in [-0.2, 0) is 0 Å². The lowest BCUT2D eigenvalue weighted by atomic mass is 10.1. The lowest BCUT2D eigenvalue weighted by Crippen LogP contribution is -2.22. The zero-order valence-electron chi connectivity index (χ0n) is 7.55. The van der Waals surface area contributed by atoms with Crippen molar-refractivity contribution in [3.8, 4) is 0 Å². The van der Waals surface area contributed by atoms with Gasteiger partial charge >= 0.3 is 0 Å². The second kappa shape index (κ2) is 3.49. The van der Waals surface area contributed by atoms with Crippen LogP contribution in [0.5, 0.6) is 0 Å². The van der Waals surface area contributed by atoms with Gasteiger partial charge in [0.05, 0.1) is 0 Å². The van der Waals surface area contributed by atoms with Crippen LogP contribution in [-0.4, -0.2) is 34.8 Å². The molecule has 0 radical (unpaired) electrons. The van der Waals surface area contributed by atoms with Gasteiger partial charge in [0.2, 0.25) is 11.6 Å². The first-order valence-electron chi connectivity index (χ1n) is 4.39. The molecule has 1 fully saturated rings. The molecule has 1 N–H and O–H groups in total. The Balaban J connectivity index is 2.23. The van der Waals surface area contributed by atoms with Crippen molar-refractivity contribution < 1.29 is 10.0 Å². The molecule has 0 aromatic heterocycles. The van der Waals surface area contributed by atoms with Crippen LogP contribution < -0.4 is 0 Å². The van der Waals surface area contributed by atoms with Crippen molar-refractivity contribution in [1.29, 1.82) is 0 Å². The Bertz CT molecular complexity index is 369. The molecule has 0 amide bonds. The number of hydrogen-bond donors (Lipinski definition) is 1. The standard InChI is InChI=1S/C10H10N2O2/c13-9(8-4-2-1-3-5-8)10(11-14)12-6-7-12/h1-5,14H,6-7H2/b11-10-. The Labute approximate surface area is 81.5 Å². The maximum Gasteiger partial charge on any atom is 0.231 e. The topological polar surface area (TPSA) is 52.7 Å². The summed E-state index contributed by atoms with van der Waals surface area (Å²) >= 11 is 0. The van der Waals surface area contributed by atoms with E-state index in [0.29, 0.717) is 5.56 Å². The van der Waals surface area contributed by atoms with E-state index in [9.17, 15) is 4.79 Å². The molecule has 72 valence electrons. The molecule has 1 aliphatic heterocycles. The number of rotatable bonds is 2. The molecule has 0 spiro atoms. The summed E-state index contributed by atoms with van der Waals surface area (Å²) in [6.07, 6.45) is 0. The Kier molecular flexibility index (Phi) is 2.18. The number of carbonyl (C=O) groups is 1. The summed E-state index contributed by atoms with van der Waals surface area (Å²) in [4.78, 5) is 13.4. The molecular weight excluding hydrogens is 180 g/mol. The molecule has 1 aliphatic rings. The molecule has 14 heavy (non-hydrogen) atoms. The maximum absolute atomic E-state index is 11.7. The largest absolute Gasteiger partial charge is 0.409 e. The Hall–Kier alpha value is -1.84. The summed E-state index contributed by atoms with van der Waals surface area (Å²) in [5.41, 5.74) is 0.548. The van der Waals surface area contributed by atoms with Gasteiger partial charge in [0.25, 0.3) is 0 Å². The van der Waals surface area contributed by atoms with Gasteiger partial charge in [-0.05, 0) is 0 Å². The van der Waals surface area contributed by atoms with Crippen molar-refractivity contribution in [2.45, 2.75) is 0 Å². The molecule has 0 aliphatic carbocycles. The van der Waals surface area contributed by atoms with Crippen molar-refractivity contribution in [1.82, 2.24) is 4.90 Å². The van der Waals surface area contributed by atoms with E-state index in [1.807, 2.05) is 6.07 Å². The number of Topliss-reactive ketones (excluding diaryl/α,β-unsaturated/α-hetero) is 1. The minimum absolute atomic E-state index is 0.135. The van der Waals surface area contributed by atoms with Crippen LogP contribution >= 0.6 is 0 Å². The highest BCUT2D eigenvalue weighted by Crippen LogP contribution is 2.10. The molecule has 0 atom stereocenters. The van der Waals surface area contributed by atoms with Gasteiger partial charge in [0.1, 0.15) is 0 Å². The van der Waals surface area contributed by atoms with E-state index < -0.39 is 0 Å². The number of benzene rings is 1. The van der Waals surface area contributed by atoms with E-state index in [-0.39, 0.29) is 11.6 Å². The van der Waals surface area contributed by atoms with Gasteiger partial charge in [-0.1, -0.05) is 35.5 Å². The molecule has 1 aromatic carbocycles.